The molecule has 3 rings (SSSR count). The Hall–Kier alpha value is -2.04. The van der Waals surface area contributed by atoms with Crippen LogP contribution in [0.1, 0.15) is 5.56 Å². The van der Waals surface area contributed by atoms with Crippen molar-refractivity contribution in [1.82, 2.24) is 0 Å². The molecular formula is C22H32O13. The van der Waals surface area contributed by atoms with E-state index in [0.717, 1.165) is 0 Å². The first-order valence-electron chi connectivity index (χ1n) is 10.8. The van der Waals surface area contributed by atoms with Gasteiger partial charge < -0.3 is 64.2 Å². The van der Waals surface area contributed by atoms with E-state index in [1.807, 2.05) is 0 Å². The molecule has 0 unspecified atom stereocenters. The molecule has 0 amide bonds. The summed E-state index contributed by atoms with van der Waals surface area (Å²) >= 11 is 0. The molecule has 7 N–H and O–H groups in total. The lowest BCUT2D eigenvalue weighted by Crippen LogP contribution is -2.62. The molecule has 2 fully saturated rings. The minimum Gasteiger partial charge on any atom is -0.493 e. The molecule has 0 bridgehead atoms. The fourth-order valence-electron chi connectivity index (χ4n) is 3.78. The maximum absolute atomic E-state index is 10.7. The summed E-state index contributed by atoms with van der Waals surface area (Å²) in [6, 6.07) is 3.17. The van der Waals surface area contributed by atoms with E-state index in [2.05, 4.69) is 0 Å². The fourth-order valence-corrected chi connectivity index (χ4v) is 3.78. The predicted molar refractivity (Wildman–Crippen MR) is 117 cm³/mol. The highest BCUT2D eigenvalue weighted by Crippen LogP contribution is 2.41. The van der Waals surface area contributed by atoms with Gasteiger partial charge in [-0.15, -0.1) is 0 Å². The van der Waals surface area contributed by atoms with Crippen LogP contribution in [0.3, 0.4) is 0 Å². The van der Waals surface area contributed by atoms with Crippen molar-refractivity contribution in [2.45, 2.75) is 48.7 Å². The van der Waals surface area contributed by atoms with Crippen molar-refractivity contribution >= 4 is 6.08 Å². The molecule has 2 aliphatic heterocycles. The summed E-state index contributed by atoms with van der Waals surface area (Å²) in [5, 5.41) is 69.6. The number of hydrogen-bond acceptors (Lipinski definition) is 13. The molecule has 13 heteroatoms. The van der Waals surface area contributed by atoms with Gasteiger partial charge in [-0.2, -0.15) is 0 Å². The van der Waals surface area contributed by atoms with Gasteiger partial charge in [-0.25, -0.2) is 0 Å². The van der Waals surface area contributed by atoms with Crippen molar-refractivity contribution in [3.63, 3.8) is 0 Å². The molecule has 2 saturated heterocycles. The molecule has 0 saturated carbocycles. The van der Waals surface area contributed by atoms with Crippen LogP contribution in [0.5, 0.6) is 17.2 Å². The summed E-state index contributed by atoms with van der Waals surface area (Å²) in [7, 11) is 2.76. The number of ether oxygens (including phenoxy) is 6. The zero-order chi connectivity index (χ0) is 25.8. The first-order valence-corrected chi connectivity index (χ1v) is 10.8. The Morgan fingerprint density at radius 1 is 1.03 bits per heavy atom. The van der Waals surface area contributed by atoms with Crippen LogP contribution in [0.4, 0.5) is 0 Å². The van der Waals surface area contributed by atoms with Crippen LogP contribution in [0.2, 0.25) is 0 Å². The highest BCUT2D eigenvalue weighted by molar-refractivity contribution is 5.62. The molecule has 0 spiro atoms. The summed E-state index contributed by atoms with van der Waals surface area (Å²) in [4.78, 5) is 0. The largest absolute Gasteiger partial charge is 0.493 e. The van der Waals surface area contributed by atoms with Gasteiger partial charge in [-0.3, -0.25) is 0 Å². The lowest BCUT2D eigenvalue weighted by atomic mass is 9.98. The third kappa shape index (κ3) is 5.70. The van der Waals surface area contributed by atoms with E-state index in [1.54, 1.807) is 18.2 Å². The standard InChI is InChI=1S/C22H32O13/c1-30-12-6-11(4-3-5-23)7-13(31-2)17(12)34-20-18(16(27)15(26)14(8-24)33-20)35-21-19(28)22(29,9-25)10-32-21/h3-4,6-7,14-16,18-21,23-29H,5,8-10H2,1-2H3/t14-,15-,16+,18-,19+,20-,21+,22-/m1/s1. The van der Waals surface area contributed by atoms with Gasteiger partial charge in [0.05, 0.1) is 40.6 Å². The highest BCUT2D eigenvalue weighted by atomic mass is 16.8. The Morgan fingerprint density at radius 2 is 1.69 bits per heavy atom. The number of rotatable bonds is 10. The topological polar surface area (TPSA) is 197 Å². The van der Waals surface area contributed by atoms with Gasteiger partial charge in [0.1, 0.15) is 30.0 Å². The van der Waals surface area contributed by atoms with Crippen LogP contribution in [-0.2, 0) is 14.2 Å². The average Bonchev–Trinajstić information content (AvgIpc) is 3.16. The summed E-state index contributed by atoms with van der Waals surface area (Å²) in [5.74, 6) is 0.421. The zero-order valence-corrected chi connectivity index (χ0v) is 19.3. The fraction of sp³-hybridized carbons (Fsp3) is 0.636. The van der Waals surface area contributed by atoms with E-state index in [-0.39, 0.29) is 23.9 Å². The molecule has 198 valence electrons. The molecule has 8 atom stereocenters. The van der Waals surface area contributed by atoms with Gasteiger partial charge in [0.25, 0.3) is 0 Å². The summed E-state index contributed by atoms with van der Waals surface area (Å²) in [5.41, 5.74) is -1.37. The number of aliphatic hydroxyl groups excluding tert-OH is 6. The lowest BCUT2D eigenvalue weighted by Gasteiger charge is -2.42. The molecule has 35 heavy (non-hydrogen) atoms. The number of methoxy groups -OCH3 is 2. The van der Waals surface area contributed by atoms with Crippen LogP contribution in [0.15, 0.2) is 18.2 Å². The van der Waals surface area contributed by atoms with Gasteiger partial charge >= 0.3 is 0 Å². The summed E-state index contributed by atoms with van der Waals surface area (Å²) < 4.78 is 33.3. The number of aliphatic hydroxyl groups is 7. The van der Waals surface area contributed by atoms with Gasteiger partial charge in [-0.1, -0.05) is 12.2 Å². The van der Waals surface area contributed by atoms with E-state index >= 15 is 0 Å². The van der Waals surface area contributed by atoms with E-state index in [1.165, 1.54) is 20.3 Å². The van der Waals surface area contributed by atoms with E-state index in [4.69, 9.17) is 33.5 Å². The van der Waals surface area contributed by atoms with Gasteiger partial charge in [0, 0.05) is 0 Å². The minimum atomic E-state index is -1.99. The third-order valence-electron chi connectivity index (χ3n) is 5.83. The van der Waals surface area contributed by atoms with Gasteiger partial charge in [-0.05, 0) is 17.7 Å². The molecule has 2 heterocycles. The Labute approximate surface area is 201 Å². The minimum absolute atomic E-state index is 0.0368. The normalized spacial score (nSPS) is 35.4. The van der Waals surface area contributed by atoms with Gasteiger partial charge in [0.2, 0.25) is 12.0 Å². The average molecular weight is 504 g/mol. The second kappa shape index (κ2) is 11.8. The van der Waals surface area contributed by atoms with Crippen molar-refractivity contribution in [3.05, 3.63) is 23.8 Å². The quantitative estimate of drug-likeness (QED) is 0.175. The van der Waals surface area contributed by atoms with Crippen molar-refractivity contribution < 1.29 is 64.2 Å². The Kier molecular flexibility index (Phi) is 9.28. The van der Waals surface area contributed by atoms with Gasteiger partial charge in [0.15, 0.2) is 23.9 Å². The number of hydrogen-bond donors (Lipinski definition) is 7. The smallest absolute Gasteiger partial charge is 0.230 e. The molecule has 1 aromatic rings. The van der Waals surface area contributed by atoms with Crippen molar-refractivity contribution in [2.24, 2.45) is 0 Å². The molecule has 1 aromatic carbocycles. The Morgan fingerprint density at radius 3 is 2.20 bits per heavy atom. The summed E-state index contributed by atoms with van der Waals surface area (Å²) in [6.07, 6.45) is -7.54. The Balaban J connectivity index is 1.93. The predicted octanol–water partition coefficient (Wildman–Crippen LogP) is -2.65. The lowest BCUT2D eigenvalue weighted by molar-refractivity contribution is -0.319. The van der Waals surface area contributed by atoms with Crippen molar-refractivity contribution in [1.29, 1.82) is 0 Å². The molecular weight excluding hydrogens is 472 g/mol. The molecule has 0 aromatic heterocycles. The Bertz CT molecular complexity index is 839. The maximum Gasteiger partial charge on any atom is 0.230 e. The van der Waals surface area contributed by atoms with Crippen LogP contribution in [-0.4, -0.2) is 125 Å². The summed E-state index contributed by atoms with van der Waals surface area (Å²) in [6.45, 7) is -2.09. The highest BCUT2D eigenvalue weighted by Gasteiger charge is 2.53. The van der Waals surface area contributed by atoms with E-state index in [0.29, 0.717) is 5.56 Å². The first kappa shape index (κ1) is 27.5. The van der Waals surface area contributed by atoms with E-state index < -0.39 is 68.5 Å². The van der Waals surface area contributed by atoms with Crippen molar-refractivity contribution in [3.8, 4) is 17.2 Å². The molecule has 0 aliphatic carbocycles. The first-order chi connectivity index (χ1) is 16.7. The van der Waals surface area contributed by atoms with Crippen LogP contribution >= 0.6 is 0 Å². The molecule has 2 aliphatic rings. The van der Waals surface area contributed by atoms with Crippen LogP contribution in [0.25, 0.3) is 6.08 Å². The SMILES string of the molecule is COc1cc(C=CCO)cc(OC)c1O[C@H]1O[C@H](CO)[C@@H](O)[C@H](O)[C@H]1O[C@@H]1OC[C@](O)(CO)[C@H]1O. The second-order valence-corrected chi connectivity index (χ2v) is 8.15. The second-order valence-electron chi connectivity index (χ2n) is 8.15. The van der Waals surface area contributed by atoms with Crippen LogP contribution in [0, 0.1) is 0 Å². The van der Waals surface area contributed by atoms with E-state index in [9.17, 15) is 30.6 Å². The zero-order valence-electron chi connectivity index (χ0n) is 19.3. The molecule has 13 nitrogen and oxygen atoms in total. The monoisotopic (exact) mass is 504 g/mol. The van der Waals surface area contributed by atoms with Crippen LogP contribution < -0.4 is 14.2 Å². The maximum atomic E-state index is 10.7. The molecule has 0 radical (unpaired) electrons. The number of benzene rings is 1. The van der Waals surface area contributed by atoms with Crippen molar-refractivity contribution in [2.75, 3.05) is 40.6 Å². The third-order valence-corrected chi connectivity index (χ3v) is 5.83.